The van der Waals surface area contributed by atoms with Crippen LogP contribution in [0.25, 0.3) is 10.7 Å². The van der Waals surface area contributed by atoms with E-state index in [9.17, 15) is 0 Å². The van der Waals surface area contributed by atoms with E-state index in [0.717, 1.165) is 12.4 Å². The van der Waals surface area contributed by atoms with Crippen molar-refractivity contribution in [1.29, 1.82) is 0 Å². The lowest BCUT2D eigenvalue weighted by molar-refractivity contribution is 0.0883. The number of nitrogens with zero attached hydrogens (tertiary/aromatic N) is 2. The first-order valence-electron chi connectivity index (χ1n) is 6.19. The van der Waals surface area contributed by atoms with Crippen LogP contribution in [0.5, 0.6) is 0 Å². The van der Waals surface area contributed by atoms with Gasteiger partial charge in [-0.15, -0.1) is 11.3 Å². The summed E-state index contributed by atoms with van der Waals surface area (Å²) in [6, 6.07) is 5.34. The third-order valence-corrected chi connectivity index (χ3v) is 5.25. The Hall–Kier alpha value is -0.913. The molecule has 0 aliphatic rings. The van der Waals surface area contributed by atoms with E-state index in [0.29, 0.717) is 6.73 Å². The highest BCUT2D eigenvalue weighted by Crippen LogP contribution is 2.22. The summed E-state index contributed by atoms with van der Waals surface area (Å²) in [6.45, 7) is 8.54. The van der Waals surface area contributed by atoms with Crippen molar-refractivity contribution in [3.63, 3.8) is 0 Å². The second-order valence-corrected chi connectivity index (χ2v) is 12.1. The molecule has 18 heavy (non-hydrogen) atoms. The standard InChI is InChI=1S/C13H20N2OSSi/c1-18(2,3)10-8-16-11-15-7-6-14-13(15)12-5-4-9-17-12/h4-7,9H,8,10-11H2,1-3H3. The van der Waals surface area contributed by atoms with Crippen molar-refractivity contribution in [3.05, 3.63) is 29.9 Å². The minimum atomic E-state index is -0.994. The average Bonchev–Trinajstić information content (AvgIpc) is 2.93. The normalized spacial score (nSPS) is 11.9. The molecule has 0 saturated carbocycles. The van der Waals surface area contributed by atoms with E-state index in [1.54, 1.807) is 11.3 Å². The van der Waals surface area contributed by atoms with Gasteiger partial charge in [0, 0.05) is 27.1 Å². The van der Waals surface area contributed by atoms with Gasteiger partial charge in [-0.1, -0.05) is 25.7 Å². The fourth-order valence-corrected chi connectivity index (χ4v) is 3.08. The molecule has 0 saturated heterocycles. The molecule has 0 spiro atoms. The molecule has 0 atom stereocenters. The lowest BCUT2D eigenvalue weighted by atomic mass is 10.4. The Labute approximate surface area is 113 Å². The molecular formula is C13H20N2OSSi. The highest BCUT2D eigenvalue weighted by molar-refractivity contribution is 7.13. The predicted molar refractivity (Wildman–Crippen MR) is 79.6 cm³/mol. The number of ether oxygens (including phenoxy) is 1. The second-order valence-electron chi connectivity index (χ2n) is 5.55. The maximum atomic E-state index is 5.76. The Morgan fingerprint density at radius 3 is 2.89 bits per heavy atom. The number of imidazole rings is 1. The molecule has 2 aromatic rings. The topological polar surface area (TPSA) is 27.1 Å². The molecule has 2 heterocycles. The van der Waals surface area contributed by atoms with Gasteiger partial charge in [0.2, 0.25) is 0 Å². The molecule has 3 nitrogen and oxygen atoms in total. The maximum absolute atomic E-state index is 5.76. The number of thiophene rings is 1. The molecule has 0 radical (unpaired) electrons. The Morgan fingerprint density at radius 2 is 2.22 bits per heavy atom. The summed E-state index contributed by atoms with van der Waals surface area (Å²) < 4.78 is 7.82. The lowest BCUT2D eigenvalue weighted by Gasteiger charge is -2.15. The van der Waals surface area contributed by atoms with Gasteiger partial charge >= 0.3 is 0 Å². The zero-order valence-corrected chi connectivity index (χ0v) is 13.0. The molecule has 2 rings (SSSR count). The monoisotopic (exact) mass is 280 g/mol. The van der Waals surface area contributed by atoms with Crippen molar-refractivity contribution in [3.8, 4) is 10.7 Å². The average molecular weight is 280 g/mol. The molecule has 0 amide bonds. The van der Waals surface area contributed by atoms with Crippen LogP contribution in [0.4, 0.5) is 0 Å². The van der Waals surface area contributed by atoms with Crippen LogP contribution in [0.15, 0.2) is 29.9 Å². The van der Waals surface area contributed by atoms with Crippen LogP contribution in [0.2, 0.25) is 25.7 Å². The van der Waals surface area contributed by atoms with Crippen molar-refractivity contribution in [1.82, 2.24) is 9.55 Å². The Bertz CT molecular complexity index is 473. The van der Waals surface area contributed by atoms with Gasteiger partial charge in [0.25, 0.3) is 0 Å². The Kier molecular flexibility index (Phi) is 4.37. The van der Waals surface area contributed by atoms with Gasteiger partial charge in [0.05, 0.1) is 4.88 Å². The zero-order chi connectivity index (χ0) is 13.0. The highest BCUT2D eigenvalue weighted by Gasteiger charge is 2.12. The van der Waals surface area contributed by atoms with Crippen LogP contribution in [-0.2, 0) is 11.5 Å². The van der Waals surface area contributed by atoms with Crippen LogP contribution in [-0.4, -0.2) is 24.2 Å². The first-order valence-corrected chi connectivity index (χ1v) is 10.8. The zero-order valence-electron chi connectivity index (χ0n) is 11.2. The van der Waals surface area contributed by atoms with Crippen LogP contribution in [0.3, 0.4) is 0 Å². The molecule has 0 unspecified atom stereocenters. The Balaban J connectivity index is 1.89. The van der Waals surface area contributed by atoms with Gasteiger partial charge < -0.3 is 9.30 Å². The first kappa shape index (κ1) is 13.5. The number of rotatable bonds is 6. The van der Waals surface area contributed by atoms with Crippen LogP contribution < -0.4 is 0 Å². The van der Waals surface area contributed by atoms with E-state index in [4.69, 9.17) is 4.74 Å². The van der Waals surface area contributed by atoms with Crippen LogP contribution >= 0.6 is 11.3 Å². The summed E-state index contributed by atoms with van der Waals surface area (Å²) in [5.41, 5.74) is 0. The minimum absolute atomic E-state index is 0.595. The molecule has 0 aliphatic carbocycles. The molecule has 0 fully saturated rings. The number of hydrogen-bond acceptors (Lipinski definition) is 3. The van der Waals surface area contributed by atoms with E-state index in [1.165, 1.54) is 10.9 Å². The molecule has 0 N–H and O–H groups in total. The maximum Gasteiger partial charge on any atom is 0.151 e. The number of aromatic nitrogens is 2. The van der Waals surface area contributed by atoms with Crippen molar-refractivity contribution >= 4 is 19.4 Å². The lowest BCUT2D eigenvalue weighted by Crippen LogP contribution is -2.22. The van der Waals surface area contributed by atoms with E-state index in [1.807, 2.05) is 18.5 Å². The Morgan fingerprint density at radius 1 is 1.39 bits per heavy atom. The second kappa shape index (κ2) is 5.82. The van der Waals surface area contributed by atoms with Crippen LogP contribution in [0, 0.1) is 0 Å². The van der Waals surface area contributed by atoms with E-state index >= 15 is 0 Å². The molecule has 0 aliphatic heterocycles. The smallest absolute Gasteiger partial charge is 0.151 e. The van der Waals surface area contributed by atoms with Gasteiger partial charge in [0.1, 0.15) is 6.73 Å². The van der Waals surface area contributed by atoms with E-state index in [2.05, 4.69) is 40.6 Å². The SMILES string of the molecule is C[Si](C)(C)CCOCn1ccnc1-c1cccs1. The first-order chi connectivity index (χ1) is 8.56. The number of hydrogen-bond donors (Lipinski definition) is 0. The summed E-state index contributed by atoms with van der Waals surface area (Å²) in [5.74, 6) is 0.998. The van der Waals surface area contributed by atoms with Gasteiger partial charge in [-0.2, -0.15) is 0 Å². The quantitative estimate of drug-likeness (QED) is 0.592. The van der Waals surface area contributed by atoms with Crippen molar-refractivity contribution in [2.24, 2.45) is 0 Å². The van der Waals surface area contributed by atoms with Gasteiger partial charge in [-0.25, -0.2) is 4.98 Å². The molecule has 98 valence electrons. The summed E-state index contributed by atoms with van der Waals surface area (Å²) in [7, 11) is -0.994. The molecular weight excluding hydrogens is 260 g/mol. The van der Waals surface area contributed by atoms with Crippen molar-refractivity contribution in [2.45, 2.75) is 32.4 Å². The largest absolute Gasteiger partial charge is 0.361 e. The minimum Gasteiger partial charge on any atom is -0.361 e. The van der Waals surface area contributed by atoms with E-state index < -0.39 is 8.07 Å². The van der Waals surface area contributed by atoms with Crippen LogP contribution in [0.1, 0.15) is 0 Å². The van der Waals surface area contributed by atoms with Gasteiger partial charge in [0.15, 0.2) is 5.82 Å². The van der Waals surface area contributed by atoms with Crippen molar-refractivity contribution in [2.75, 3.05) is 6.61 Å². The molecule has 2 aromatic heterocycles. The predicted octanol–water partition coefficient (Wildman–Crippen LogP) is 3.92. The molecule has 0 bridgehead atoms. The fourth-order valence-electron chi connectivity index (χ4n) is 1.59. The summed E-state index contributed by atoms with van der Waals surface area (Å²) in [4.78, 5) is 5.58. The highest BCUT2D eigenvalue weighted by atomic mass is 32.1. The van der Waals surface area contributed by atoms with Gasteiger partial charge in [-0.05, 0) is 17.5 Å². The van der Waals surface area contributed by atoms with Crippen molar-refractivity contribution < 1.29 is 4.74 Å². The van der Waals surface area contributed by atoms with E-state index in [-0.39, 0.29) is 0 Å². The molecule has 5 heteroatoms. The van der Waals surface area contributed by atoms with Gasteiger partial charge in [-0.3, -0.25) is 0 Å². The summed E-state index contributed by atoms with van der Waals surface area (Å²) >= 11 is 1.71. The third kappa shape index (κ3) is 3.80. The summed E-state index contributed by atoms with van der Waals surface area (Å²) in [5, 5.41) is 2.07. The third-order valence-electron chi connectivity index (χ3n) is 2.68. The molecule has 0 aromatic carbocycles. The fraction of sp³-hybridized carbons (Fsp3) is 0.462. The summed E-state index contributed by atoms with van der Waals surface area (Å²) in [6.07, 6.45) is 3.81.